The molecule has 1 N–H and O–H groups in total. The summed E-state index contributed by atoms with van der Waals surface area (Å²) in [5.41, 5.74) is 2.47. The van der Waals surface area contributed by atoms with Crippen molar-refractivity contribution in [2.75, 3.05) is 7.05 Å². The molecule has 4 heteroatoms. The van der Waals surface area contributed by atoms with Gasteiger partial charge in [0.2, 0.25) is 0 Å². The number of rotatable bonds is 4. The van der Waals surface area contributed by atoms with Gasteiger partial charge in [-0.1, -0.05) is 22.0 Å². The molecule has 0 bridgehead atoms. The summed E-state index contributed by atoms with van der Waals surface area (Å²) in [6.45, 7) is 5.16. The molecule has 96 valence electrons. The topological polar surface area (TPSA) is 29.9 Å². The Morgan fingerprint density at radius 3 is 2.78 bits per heavy atom. The molecule has 1 unspecified atom stereocenters. The molecule has 18 heavy (non-hydrogen) atoms. The van der Waals surface area contributed by atoms with Crippen LogP contribution in [0.1, 0.15) is 29.9 Å². The summed E-state index contributed by atoms with van der Waals surface area (Å²) in [6, 6.07) is 6.57. The molecule has 2 aromatic rings. The van der Waals surface area contributed by atoms with Gasteiger partial charge in [-0.3, -0.25) is 0 Å². The van der Waals surface area contributed by atoms with E-state index < -0.39 is 0 Å². The molecule has 1 aromatic carbocycles. The van der Waals surface area contributed by atoms with E-state index in [1.807, 2.05) is 19.4 Å². The lowest BCUT2D eigenvalue weighted by Crippen LogP contribution is -2.22. The van der Waals surface area contributed by atoms with E-state index in [2.05, 4.69) is 62.8 Å². The number of hydrogen-bond donors (Lipinski definition) is 1. The molecule has 0 saturated carbocycles. The van der Waals surface area contributed by atoms with Crippen LogP contribution in [0.4, 0.5) is 0 Å². The maximum absolute atomic E-state index is 4.48. The number of hydrogen-bond acceptors (Lipinski definition) is 2. The minimum Gasteiger partial charge on any atom is -0.334 e. The number of nitrogens with zero attached hydrogens (tertiary/aromatic N) is 2. The van der Waals surface area contributed by atoms with Gasteiger partial charge in [0.15, 0.2) is 0 Å². The molecule has 0 saturated heterocycles. The lowest BCUT2D eigenvalue weighted by atomic mass is 10.0. The van der Waals surface area contributed by atoms with Gasteiger partial charge in [-0.15, -0.1) is 0 Å². The van der Waals surface area contributed by atoms with E-state index in [4.69, 9.17) is 0 Å². The largest absolute Gasteiger partial charge is 0.334 e. The Hall–Kier alpha value is -1.13. The minimum atomic E-state index is 0.121. The van der Waals surface area contributed by atoms with Gasteiger partial charge in [-0.25, -0.2) is 4.98 Å². The van der Waals surface area contributed by atoms with Crippen LogP contribution < -0.4 is 5.32 Å². The fourth-order valence-electron chi connectivity index (χ4n) is 2.22. The van der Waals surface area contributed by atoms with Gasteiger partial charge >= 0.3 is 0 Å². The first-order chi connectivity index (χ1) is 8.65. The molecule has 1 aromatic heterocycles. The summed E-state index contributed by atoms with van der Waals surface area (Å²) >= 11 is 3.55. The SMILES string of the molecule is CCn1ccnc1C(NC)c1cc(C)cc(Br)c1. The van der Waals surface area contributed by atoms with Crippen molar-refractivity contribution in [2.24, 2.45) is 0 Å². The average Bonchev–Trinajstić information content (AvgIpc) is 2.77. The molecule has 1 heterocycles. The molecule has 0 amide bonds. The highest BCUT2D eigenvalue weighted by Crippen LogP contribution is 2.25. The van der Waals surface area contributed by atoms with Crippen LogP contribution >= 0.6 is 15.9 Å². The summed E-state index contributed by atoms with van der Waals surface area (Å²) < 4.78 is 3.27. The van der Waals surface area contributed by atoms with E-state index in [1.165, 1.54) is 11.1 Å². The molecule has 0 spiro atoms. The van der Waals surface area contributed by atoms with Crippen molar-refractivity contribution in [2.45, 2.75) is 26.4 Å². The predicted molar refractivity (Wildman–Crippen MR) is 77.7 cm³/mol. The van der Waals surface area contributed by atoms with E-state index in [0.717, 1.165) is 16.8 Å². The third kappa shape index (κ3) is 2.65. The average molecular weight is 308 g/mol. The maximum atomic E-state index is 4.48. The highest BCUT2D eigenvalue weighted by atomic mass is 79.9. The second-order valence-corrected chi connectivity index (χ2v) is 5.27. The van der Waals surface area contributed by atoms with Crippen molar-refractivity contribution in [1.82, 2.24) is 14.9 Å². The molecular formula is C14H18BrN3. The Kier molecular flexibility index (Phi) is 4.19. The number of nitrogens with one attached hydrogen (secondary N) is 1. The first kappa shape index (κ1) is 13.3. The Bertz CT molecular complexity index is 513. The zero-order chi connectivity index (χ0) is 13.1. The Balaban J connectivity index is 2.45. The van der Waals surface area contributed by atoms with E-state index in [-0.39, 0.29) is 6.04 Å². The molecular weight excluding hydrogens is 290 g/mol. The zero-order valence-corrected chi connectivity index (χ0v) is 12.5. The highest BCUT2D eigenvalue weighted by Gasteiger charge is 2.17. The molecule has 0 fully saturated rings. The Morgan fingerprint density at radius 2 is 2.17 bits per heavy atom. The maximum Gasteiger partial charge on any atom is 0.130 e. The molecule has 0 radical (unpaired) electrons. The second kappa shape index (κ2) is 5.67. The van der Waals surface area contributed by atoms with Crippen LogP contribution in [0, 0.1) is 6.92 Å². The molecule has 3 nitrogen and oxygen atoms in total. The lowest BCUT2D eigenvalue weighted by molar-refractivity contribution is 0.590. The predicted octanol–water partition coefficient (Wildman–Crippen LogP) is 3.28. The minimum absolute atomic E-state index is 0.121. The quantitative estimate of drug-likeness (QED) is 0.939. The zero-order valence-electron chi connectivity index (χ0n) is 10.9. The van der Waals surface area contributed by atoms with Crippen molar-refractivity contribution < 1.29 is 0 Å². The van der Waals surface area contributed by atoms with Crippen LogP contribution in [0.5, 0.6) is 0 Å². The van der Waals surface area contributed by atoms with Crippen LogP contribution in [0.3, 0.4) is 0 Å². The monoisotopic (exact) mass is 307 g/mol. The molecule has 2 rings (SSSR count). The summed E-state index contributed by atoms with van der Waals surface area (Å²) in [5, 5.41) is 3.35. The van der Waals surface area contributed by atoms with E-state index >= 15 is 0 Å². The van der Waals surface area contributed by atoms with Gasteiger partial charge in [0.1, 0.15) is 5.82 Å². The standard InChI is InChI=1S/C14H18BrN3/c1-4-18-6-5-17-14(18)13(16-3)11-7-10(2)8-12(15)9-11/h5-9,13,16H,4H2,1-3H3. The third-order valence-electron chi connectivity index (χ3n) is 3.03. The molecule has 0 aliphatic rings. The fourth-order valence-corrected chi connectivity index (χ4v) is 2.85. The van der Waals surface area contributed by atoms with Gasteiger partial charge in [-0.05, 0) is 44.2 Å². The second-order valence-electron chi connectivity index (χ2n) is 4.36. The van der Waals surface area contributed by atoms with Crippen LogP contribution in [0.25, 0.3) is 0 Å². The van der Waals surface area contributed by atoms with Crippen molar-refractivity contribution in [3.05, 3.63) is 52.0 Å². The smallest absolute Gasteiger partial charge is 0.130 e. The number of benzene rings is 1. The summed E-state index contributed by atoms with van der Waals surface area (Å²) in [4.78, 5) is 4.48. The number of halogens is 1. The van der Waals surface area contributed by atoms with Crippen molar-refractivity contribution in [3.63, 3.8) is 0 Å². The van der Waals surface area contributed by atoms with Crippen molar-refractivity contribution >= 4 is 15.9 Å². The number of aromatic nitrogens is 2. The Labute approximate surface area is 116 Å². The van der Waals surface area contributed by atoms with E-state index in [0.29, 0.717) is 0 Å². The first-order valence-electron chi connectivity index (χ1n) is 6.11. The first-order valence-corrected chi connectivity index (χ1v) is 6.90. The van der Waals surface area contributed by atoms with Gasteiger partial charge < -0.3 is 9.88 Å². The van der Waals surface area contributed by atoms with Gasteiger partial charge in [0, 0.05) is 23.4 Å². The lowest BCUT2D eigenvalue weighted by Gasteiger charge is -2.18. The highest BCUT2D eigenvalue weighted by molar-refractivity contribution is 9.10. The van der Waals surface area contributed by atoms with Crippen molar-refractivity contribution in [1.29, 1.82) is 0 Å². The van der Waals surface area contributed by atoms with Gasteiger partial charge in [0.05, 0.1) is 6.04 Å². The van der Waals surface area contributed by atoms with Crippen LogP contribution in [-0.2, 0) is 6.54 Å². The molecule has 1 atom stereocenters. The fraction of sp³-hybridized carbons (Fsp3) is 0.357. The number of aryl methyl sites for hydroxylation is 2. The Morgan fingerprint density at radius 1 is 1.39 bits per heavy atom. The molecule has 0 aliphatic heterocycles. The normalized spacial score (nSPS) is 12.7. The van der Waals surface area contributed by atoms with Gasteiger partial charge in [0.25, 0.3) is 0 Å². The van der Waals surface area contributed by atoms with Crippen molar-refractivity contribution in [3.8, 4) is 0 Å². The van der Waals surface area contributed by atoms with Crippen LogP contribution in [0.2, 0.25) is 0 Å². The summed E-state index contributed by atoms with van der Waals surface area (Å²) in [6.07, 6.45) is 3.87. The van der Waals surface area contributed by atoms with Crippen LogP contribution in [0.15, 0.2) is 35.1 Å². The van der Waals surface area contributed by atoms with E-state index in [1.54, 1.807) is 0 Å². The number of imidazole rings is 1. The molecule has 0 aliphatic carbocycles. The van der Waals surface area contributed by atoms with Gasteiger partial charge in [-0.2, -0.15) is 0 Å². The van der Waals surface area contributed by atoms with Crippen LogP contribution in [-0.4, -0.2) is 16.6 Å². The summed E-state index contributed by atoms with van der Waals surface area (Å²) in [7, 11) is 1.97. The third-order valence-corrected chi connectivity index (χ3v) is 3.49. The summed E-state index contributed by atoms with van der Waals surface area (Å²) in [5.74, 6) is 1.05. The van der Waals surface area contributed by atoms with E-state index in [9.17, 15) is 0 Å².